The summed E-state index contributed by atoms with van der Waals surface area (Å²) in [7, 11) is 0. The van der Waals surface area contributed by atoms with Gasteiger partial charge in [0, 0.05) is 28.9 Å². The lowest BCUT2D eigenvalue weighted by Gasteiger charge is -2.37. The van der Waals surface area contributed by atoms with Crippen molar-refractivity contribution in [3.8, 4) is 11.3 Å². The molecule has 1 aliphatic heterocycles. The van der Waals surface area contributed by atoms with Gasteiger partial charge in [0.05, 0.1) is 17.3 Å². The predicted octanol–water partition coefficient (Wildman–Crippen LogP) is 5.72. The molecular formula is C21H22Cl2N4. The van der Waals surface area contributed by atoms with Crippen molar-refractivity contribution in [3.05, 3.63) is 40.0 Å². The summed E-state index contributed by atoms with van der Waals surface area (Å²) >= 11 is 12.6. The second kappa shape index (κ2) is 6.39. The highest BCUT2D eigenvalue weighted by atomic mass is 35.5. The van der Waals surface area contributed by atoms with Gasteiger partial charge in [-0.25, -0.2) is 4.98 Å². The topological polar surface area (TPSA) is 34.0 Å². The molecule has 2 aromatic heterocycles. The molecule has 0 radical (unpaired) electrons. The molecule has 3 aromatic rings. The minimum Gasteiger partial charge on any atom is -0.365 e. The minimum absolute atomic E-state index is 0.469. The maximum Gasteiger partial charge on any atom is 0.120 e. The number of rotatable bonds is 4. The van der Waals surface area contributed by atoms with E-state index >= 15 is 0 Å². The van der Waals surface area contributed by atoms with Gasteiger partial charge in [-0.3, -0.25) is 4.68 Å². The Morgan fingerprint density at radius 3 is 2.70 bits per heavy atom. The number of nitrogens with zero attached hydrogens (tertiary/aromatic N) is 4. The molecule has 3 heterocycles. The second-order valence-corrected chi connectivity index (χ2v) is 8.64. The van der Waals surface area contributed by atoms with Crippen LogP contribution in [0.15, 0.2) is 24.3 Å². The minimum atomic E-state index is 0.469. The van der Waals surface area contributed by atoms with Gasteiger partial charge >= 0.3 is 0 Å². The summed E-state index contributed by atoms with van der Waals surface area (Å²) < 4.78 is 2.13. The molecule has 0 bridgehead atoms. The number of pyridine rings is 1. The first kappa shape index (κ1) is 17.3. The normalized spacial score (nSPS) is 19.1. The first-order chi connectivity index (χ1) is 13.0. The van der Waals surface area contributed by atoms with Gasteiger partial charge < -0.3 is 4.90 Å². The van der Waals surface area contributed by atoms with E-state index in [4.69, 9.17) is 33.3 Å². The highest BCUT2D eigenvalue weighted by Crippen LogP contribution is 2.42. The van der Waals surface area contributed by atoms with Crippen LogP contribution in [-0.2, 0) is 6.54 Å². The van der Waals surface area contributed by atoms with Gasteiger partial charge in [-0.1, -0.05) is 30.1 Å². The van der Waals surface area contributed by atoms with Gasteiger partial charge in [-0.2, -0.15) is 5.10 Å². The molecule has 0 saturated heterocycles. The number of aryl methyl sites for hydroxylation is 1. The molecule has 4 nitrogen and oxygen atoms in total. The summed E-state index contributed by atoms with van der Waals surface area (Å²) in [5.41, 5.74) is 6.08. The van der Waals surface area contributed by atoms with Crippen LogP contribution in [0.4, 0.5) is 5.69 Å². The largest absolute Gasteiger partial charge is 0.365 e. The molecule has 140 valence electrons. The van der Waals surface area contributed by atoms with Gasteiger partial charge in [0.25, 0.3) is 0 Å². The van der Waals surface area contributed by atoms with Crippen LogP contribution in [0.2, 0.25) is 10.0 Å². The van der Waals surface area contributed by atoms with Crippen molar-refractivity contribution in [1.82, 2.24) is 14.8 Å². The SMILES string of the molecule is CCC1Cn2nc(-c3ccc(Cl)cc3Cl)c3nc(C)cc(c32)N1CC1CC1. The number of anilines is 1. The Morgan fingerprint density at radius 1 is 1.19 bits per heavy atom. The summed E-state index contributed by atoms with van der Waals surface area (Å²) in [6.45, 7) is 6.36. The maximum atomic E-state index is 6.50. The van der Waals surface area contributed by atoms with Gasteiger partial charge in [0.15, 0.2) is 0 Å². The van der Waals surface area contributed by atoms with Crippen molar-refractivity contribution in [2.45, 2.75) is 45.7 Å². The first-order valence-electron chi connectivity index (χ1n) is 9.65. The van der Waals surface area contributed by atoms with E-state index in [0.29, 0.717) is 16.1 Å². The number of hydrogen-bond donors (Lipinski definition) is 0. The molecule has 1 atom stereocenters. The Kier molecular flexibility index (Phi) is 4.10. The molecule has 5 rings (SSSR count). The Hall–Kier alpha value is -1.78. The van der Waals surface area contributed by atoms with E-state index in [1.807, 2.05) is 12.1 Å². The zero-order chi connectivity index (χ0) is 18.7. The van der Waals surface area contributed by atoms with E-state index in [9.17, 15) is 0 Å². The van der Waals surface area contributed by atoms with Gasteiger partial charge in [-0.05, 0) is 56.4 Å². The molecule has 1 aromatic carbocycles. The third-order valence-electron chi connectivity index (χ3n) is 5.75. The lowest BCUT2D eigenvalue weighted by Crippen LogP contribution is -2.42. The molecule has 6 heteroatoms. The predicted molar refractivity (Wildman–Crippen MR) is 112 cm³/mol. The highest BCUT2D eigenvalue weighted by Gasteiger charge is 2.34. The zero-order valence-corrected chi connectivity index (χ0v) is 17.1. The van der Waals surface area contributed by atoms with Crippen LogP contribution in [-0.4, -0.2) is 27.4 Å². The van der Waals surface area contributed by atoms with Crippen LogP contribution in [0.1, 0.15) is 31.9 Å². The number of aromatic nitrogens is 3. The monoisotopic (exact) mass is 400 g/mol. The van der Waals surface area contributed by atoms with Crippen molar-refractivity contribution in [2.24, 2.45) is 5.92 Å². The van der Waals surface area contributed by atoms with Crippen LogP contribution < -0.4 is 4.90 Å². The van der Waals surface area contributed by atoms with Crippen molar-refractivity contribution >= 4 is 39.9 Å². The van der Waals surface area contributed by atoms with E-state index in [1.165, 1.54) is 18.5 Å². The molecule has 1 fully saturated rings. The van der Waals surface area contributed by atoms with Crippen molar-refractivity contribution < 1.29 is 0 Å². The smallest absolute Gasteiger partial charge is 0.120 e. The van der Waals surface area contributed by atoms with Crippen LogP contribution in [0, 0.1) is 12.8 Å². The summed E-state index contributed by atoms with van der Waals surface area (Å²) in [6, 6.07) is 8.26. The Bertz CT molecular complexity index is 1040. The number of hydrogen-bond acceptors (Lipinski definition) is 3. The van der Waals surface area contributed by atoms with E-state index in [0.717, 1.165) is 53.4 Å². The number of halogens is 2. The highest BCUT2D eigenvalue weighted by molar-refractivity contribution is 6.36. The molecule has 2 aliphatic rings. The Morgan fingerprint density at radius 2 is 2.00 bits per heavy atom. The molecule has 1 aliphatic carbocycles. The molecule has 27 heavy (non-hydrogen) atoms. The molecular weight excluding hydrogens is 379 g/mol. The third kappa shape index (κ3) is 2.90. The average Bonchev–Trinajstić information content (AvgIpc) is 3.38. The van der Waals surface area contributed by atoms with Crippen molar-refractivity contribution in [3.63, 3.8) is 0 Å². The van der Waals surface area contributed by atoms with Gasteiger partial charge in [-0.15, -0.1) is 0 Å². The Labute approximate surface area is 169 Å². The van der Waals surface area contributed by atoms with E-state index in [1.54, 1.807) is 6.07 Å². The van der Waals surface area contributed by atoms with E-state index in [2.05, 4.69) is 29.5 Å². The van der Waals surface area contributed by atoms with Crippen LogP contribution in [0.25, 0.3) is 22.3 Å². The van der Waals surface area contributed by atoms with Gasteiger partial charge in [0.2, 0.25) is 0 Å². The molecule has 0 amide bonds. The van der Waals surface area contributed by atoms with E-state index in [-0.39, 0.29) is 0 Å². The third-order valence-corrected chi connectivity index (χ3v) is 6.29. The fourth-order valence-corrected chi connectivity index (χ4v) is 4.67. The van der Waals surface area contributed by atoms with Crippen molar-refractivity contribution in [2.75, 3.05) is 11.4 Å². The first-order valence-corrected chi connectivity index (χ1v) is 10.4. The summed E-state index contributed by atoms with van der Waals surface area (Å²) in [6.07, 6.45) is 3.81. The lowest BCUT2D eigenvalue weighted by atomic mass is 10.1. The quantitative estimate of drug-likeness (QED) is 0.561. The fraction of sp³-hybridized carbons (Fsp3) is 0.429. The van der Waals surface area contributed by atoms with Crippen LogP contribution in [0.3, 0.4) is 0 Å². The van der Waals surface area contributed by atoms with Gasteiger partial charge in [0.1, 0.15) is 16.7 Å². The fourth-order valence-electron chi connectivity index (χ4n) is 4.17. The van der Waals surface area contributed by atoms with Crippen molar-refractivity contribution in [1.29, 1.82) is 0 Å². The average molecular weight is 401 g/mol. The lowest BCUT2D eigenvalue weighted by molar-refractivity contribution is 0.453. The molecule has 0 N–H and O–H groups in total. The Balaban J connectivity index is 1.73. The van der Waals surface area contributed by atoms with Crippen LogP contribution in [0.5, 0.6) is 0 Å². The standard InChI is InChI=1S/C21H22Cl2N4/c1-3-15-11-27-21-18(26(15)10-13-4-5-13)8-12(2)24-20(21)19(25-27)16-7-6-14(22)9-17(16)23/h6-9,13,15H,3-5,10-11H2,1-2H3. The van der Waals surface area contributed by atoms with E-state index < -0.39 is 0 Å². The van der Waals surface area contributed by atoms with Crippen LogP contribution >= 0.6 is 23.2 Å². The summed E-state index contributed by atoms with van der Waals surface area (Å²) in [4.78, 5) is 7.46. The second-order valence-electron chi connectivity index (χ2n) is 7.79. The summed E-state index contributed by atoms with van der Waals surface area (Å²) in [5, 5.41) is 6.19. The summed E-state index contributed by atoms with van der Waals surface area (Å²) in [5.74, 6) is 0.835. The maximum absolute atomic E-state index is 6.50. The number of benzene rings is 1. The molecule has 1 saturated carbocycles. The zero-order valence-electron chi connectivity index (χ0n) is 15.5. The molecule has 0 spiro atoms. The molecule has 1 unspecified atom stereocenters.